The van der Waals surface area contributed by atoms with E-state index in [1.54, 1.807) is 29.9 Å². The van der Waals surface area contributed by atoms with Gasteiger partial charge >= 0.3 is 0 Å². The lowest BCUT2D eigenvalue weighted by Gasteiger charge is -2.32. The van der Waals surface area contributed by atoms with Gasteiger partial charge in [0.2, 0.25) is 0 Å². The fourth-order valence-electron chi connectivity index (χ4n) is 3.59. The third-order valence-electron chi connectivity index (χ3n) is 5.58. The highest BCUT2D eigenvalue weighted by molar-refractivity contribution is 6.00. The highest BCUT2D eigenvalue weighted by Gasteiger charge is 2.31. The van der Waals surface area contributed by atoms with Gasteiger partial charge in [0.1, 0.15) is 5.75 Å². The Morgan fingerprint density at radius 3 is 2.77 bits per heavy atom. The summed E-state index contributed by atoms with van der Waals surface area (Å²) in [6, 6.07) is 7.38. The predicted octanol–water partition coefficient (Wildman–Crippen LogP) is 2.07. The molecule has 1 aliphatic heterocycles. The van der Waals surface area contributed by atoms with Crippen LogP contribution in [0, 0.1) is 13.8 Å². The molecule has 1 atom stereocenters. The molecule has 0 bridgehead atoms. The van der Waals surface area contributed by atoms with Crippen molar-refractivity contribution in [2.45, 2.75) is 20.0 Å². The summed E-state index contributed by atoms with van der Waals surface area (Å²) in [5.74, 6) is 0.227. The third kappa shape index (κ3) is 4.09. The van der Waals surface area contributed by atoms with Crippen molar-refractivity contribution < 1.29 is 19.1 Å². The van der Waals surface area contributed by atoms with Crippen molar-refractivity contribution in [3.63, 3.8) is 0 Å². The first-order chi connectivity index (χ1) is 14.9. The van der Waals surface area contributed by atoms with Gasteiger partial charge in [-0.25, -0.2) is 0 Å². The van der Waals surface area contributed by atoms with Crippen LogP contribution >= 0.6 is 0 Å². The van der Waals surface area contributed by atoms with Crippen molar-refractivity contribution in [2.24, 2.45) is 7.05 Å². The van der Waals surface area contributed by atoms with Crippen LogP contribution in [0.1, 0.15) is 21.7 Å². The van der Waals surface area contributed by atoms with Gasteiger partial charge in [-0.2, -0.15) is 5.10 Å². The van der Waals surface area contributed by atoms with Gasteiger partial charge in [0.05, 0.1) is 54.6 Å². The van der Waals surface area contributed by atoms with Crippen LogP contribution in [0.2, 0.25) is 0 Å². The number of hydrogen-bond donors (Lipinski definition) is 1. The van der Waals surface area contributed by atoms with Crippen molar-refractivity contribution >= 4 is 28.4 Å². The summed E-state index contributed by atoms with van der Waals surface area (Å²) in [5, 5.41) is 7.78. The number of carbonyl (C=O) groups is 2. The van der Waals surface area contributed by atoms with E-state index in [1.165, 1.54) is 0 Å². The van der Waals surface area contributed by atoms with Gasteiger partial charge in [0, 0.05) is 19.0 Å². The monoisotopic (exact) mass is 423 g/mol. The smallest absolute Gasteiger partial charge is 0.255 e. The van der Waals surface area contributed by atoms with Crippen LogP contribution in [0.25, 0.3) is 10.9 Å². The van der Waals surface area contributed by atoms with Crippen LogP contribution in [-0.4, -0.2) is 64.4 Å². The largest absolute Gasteiger partial charge is 0.497 e. The standard InChI is InChI=1S/C22H25N5O4/c1-13-17(10-15-9-16(30-4)5-6-18(15)24-13)22(29)27-7-8-31-20(12-27)21(28)25-19-11-23-26(3)14(19)2/h5-6,9-11,20H,7-8,12H2,1-4H3,(H,25,28). The van der Waals surface area contributed by atoms with Crippen LogP contribution < -0.4 is 10.1 Å². The second-order valence-electron chi connectivity index (χ2n) is 7.55. The Morgan fingerprint density at radius 2 is 2.06 bits per heavy atom. The first kappa shape index (κ1) is 20.8. The first-order valence-corrected chi connectivity index (χ1v) is 10.0. The van der Waals surface area contributed by atoms with Crippen LogP contribution in [0.15, 0.2) is 30.5 Å². The number of anilines is 1. The fraction of sp³-hybridized carbons (Fsp3) is 0.364. The van der Waals surface area contributed by atoms with Gasteiger partial charge in [0.25, 0.3) is 11.8 Å². The number of methoxy groups -OCH3 is 1. The molecule has 1 N–H and O–H groups in total. The molecule has 31 heavy (non-hydrogen) atoms. The summed E-state index contributed by atoms with van der Waals surface area (Å²) in [5.41, 5.74) is 3.40. The Kier molecular flexibility index (Phi) is 5.60. The summed E-state index contributed by atoms with van der Waals surface area (Å²) in [6.07, 6.45) is 0.836. The number of nitrogens with zero attached hydrogens (tertiary/aromatic N) is 4. The second-order valence-corrected chi connectivity index (χ2v) is 7.55. The maximum absolute atomic E-state index is 13.3. The van der Waals surface area contributed by atoms with Gasteiger partial charge in [-0.3, -0.25) is 19.3 Å². The molecule has 3 aromatic rings. The zero-order valence-electron chi connectivity index (χ0n) is 18.0. The molecule has 2 aromatic heterocycles. The van der Waals surface area contributed by atoms with E-state index in [9.17, 15) is 9.59 Å². The first-order valence-electron chi connectivity index (χ1n) is 10.0. The van der Waals surface area contributed by atoms with E-state index >= 15 is 0 Å². The average Bonchev–Trinajstić information content (AvgIpc) is 3.10. The SMILES string of the molecule is COc1ccc2nc(C)c(C(=O)N3CCOC(C(=O)Nc4cnn(C)c4C)C3)cc2c1. The zero-order valence-corrected chi connectivity index (χ0v) is 18.0. The number of benzene rings is 1. The number of morpholine rings is 1. The zero-order chi connectivity index (χ0) is 22.1. The molecule has 1 aliphatic rings. The third-order valence-corrected chi connectivity index (χ3v) is 5.58. The molecule has 162 valence electrons. The van der Waals surface area contributed by atoms with E-state index in [4.69, 9.17) is 9.47 Å². The topological polar surface area (TPSA) is 98.6 Å². The van der Waals surface area contributed by atoms with E-state index < -0.39 is 6.10 Å². The van der Waals surface area contributed by atoms with Gasteiger partial charge in [0.15, 0.2) is 6.10 Å². The Morgan fingerprint density at radius 1 is 1.26 bits per heavy atom. The van der Waals surface area contributed by atoms with E-state index in [0.717, 1.165) is 16.6 Å². The molecule has 0 spiro atoms. The van der Waals surface area contributed by atoms with Gasteiger partial charge in [-0.05, 0) is 38.1 Å². The molecule has 0 radical (unpaired) electrons. The molecule has 1 unspecified atom stereocenters. The number of nitrogens with one attached hydrogen (secondary N) is 1. The normalized spacial score (nSPS) is 16.4. The van der Waals surface area contributed by atoms with Crippen molar-refractivity contribution in [2.75, 3.05) is 32.1 Å². The molecule has 1 fully saturated rings. The molecule has 3 heterocycles. The number of ether oxygens (including phenoxy) is 2. The number of rotatable bonds is 4. The summed E-state index contributed by atoms with van der Waals surface area (Å²) in [4.78, 5) is 32.2. The minimum Gasteiger partial charge on any atom is -0.497 e. The summed E-state index contributed by atoms with van der Waals surface area (Å²) in [6.45, 7) is 4.53. The number of carbonyl (C=O) groups excluding carboxylic acids is 2. The number of aromatic nitrogens is 3. The number of pyridine rings is 1. The molecule has 4 rings (SSSR count). The van der Waals surface area contributed by atoms with Crippen molar-refractivity contribution in [3.05, 3.63) is 47.4 Å². The van der Waals surface area contributed by atoms with Gasteiger partial charge in [-0.1, -0.05) is 0 Å². The van der Waals surface area contributed by atoms with Crippen molar-refractivity contribution in [1.82, 2.24) is 19.7 Å². The van der Waals surface area contributed by atoms with E-state index in [1.807, 2.05) is 38.1 Å². The molecule has 1 aromatic carbocycles. The molecule has 1 saturated heterocycles. The maximum atomic E-state index is 13.3. The molecule has 9 heteroatoms. The lowest BCUT2D eigenvalue weighted by Crippen LogP contribution is -2.50. The van der Waals surface area contributed by atoms with Crippen LogP contribution in [0.5, 0.6) is 5.75 Å². The Balaban J connectivity index is 1.52. The molecule has 9 nitrogen and oxygen atoms in total. The van der Waals surface area contributed by atoms with Crippen LogP contribution in [0.4, 0.5) is 5.69 Å². The Labute approximate surface area is 180 Å². The number of fused-ring (bicyclic) bond motifs is 1. The molecular weight excluding hydrogens is 398 g/mol. The molecule has 2 amide bonds. The minimum atomic E-state index is -0.758. The molecule has 0 saturated carbocycles. The fourth-order valence-corrected chi connectivity index (χ4v) is 3.59. The van der Waals surface area contributed by atoms with Gasteiger partial charge < -0.3 is 19.7 Å². The summed E-state index contributed by atoms with van der Waals surface area (Å²) < 4.78 is 12.6. The van der Waals surface area contributed by atoms with E-state index in [0.29, 0.717) is 29.2 Å². The summed E-state index contributed by atoms with van der Waals surface area (Å²) >= 11 is 0. The Hall–Kier alpha value is -3.46. The number of aryl methyl sites for hydroxylation is 2. The van der Waals surface area contributed by atoms with Gasteiger partial charge in [-0.15, -0.1) is 0 Å². The van der Waals surface area contributed by atoms with Crippen molar-refractivity contribution in [1.29, 1.82) is 0 Å². The minimum absolute atomic E-state index is 0.166. The molecular formula is C22H25N5O4. The quantitative estimate of drug-likeness (QED) is 0.690. The Bertz CT molecular complexity index is 1160. The van der Waals surface area contributed by atoms with Crippen LogP contribution in [0.3, 0.4) is 0 Å². The number of hydrogen-bond acceptors (Lipinski definition) is 6. The lowest BCUT2D eigenvalue weighted by molar-refractivity contribution is -0.131. The predicted molar refractivity (Wildman–Crippen MR) is 115 cm³/mol. The lowest BCUT2D eigenvalue weighted by atomic mass is 10.1. The molecule has 0 aliphatic carbocycles. The van der Waals surface area contributed by atoms with E-state index in [-0.39, 0.29) is 25.0 Å². The van der Waals surface area contributed by atoms with Crippen molar-refractivity contribution in [3.8, 4) is 5.75 Å². The second kappa shape index (κ2) is 8.35. The highest BCUT2D eigenvalue weighted by atomic mass is 16.5. The number of amides is 2. The maximum Gasteiger partial charge on any atom is 0.255 e. The van der Waals surface area contributed by atoms with E-state index in [2.05, 4.69) is 15.4 Å². The summed E-state index contributed by atoms with van der Waals surface area (Å²) in [7, 11) is 3.40. The van der Waals surface area contributed by atoms with Crippen LogP contribution in [-0.2, 0) is 16.6 Å². The average molecular weight is 423 g/mol. The highest BCUT2D eigenvalue weighted by Crippen LogP contribution is 2.23.